The van der Waals surface area contributed by atoms with Crippen LogP contribution in [-0.2, 0) is 36.9 Å². The van der Waals surface area contributed by atoms with E-state index in [4.69, 9.17) is 18.9 Å². The minimum Gasteiger partial charge on any atom is -0.392 e. The SMILES string of the molecule is CC(=O)NCc1cccc(-c2ccc([C@@H]3O[C@H](CN4CCC5(CC4)OCCO5)[C@H](C)[C@H](c4ccc(CO)cc4)O3)cc2)c1. The smallest absolute Gasteiger partial charge is 0.217 e. The zero-order valence-corrected chi connectivity index (χ0v) is 25.0. The van der Waals surface area contributed by atoms with E-state index in [1.807, 2.05) is 24.3 Å². The van der Waals surface area contributed by atoms with Crippen molar-refractivity contribution in [2.24, 2.45) is 5.92 Å². The fraction of sp³-hybridized carbons (Fsp3) is 0.457. The van der Waals surface area contributed by atoms with Crippen LogP contribution in [0.4, 0.5) is 0 Å². The Bertz CT molecular complexity index is 1360. The summed E-state index contributed by atoms with van der Waals surface area (Å²) in [6.07, 6.45) is 1.04. The van der Waals surface area contributed by atoms with E-state index in [0.717, 1.165) is 65.9 Å². The number of benzene rings is 3. The highest BCUT2D eigenvalue weighted by Crippen LogP contribution is 2.42. The van der Waals surface area contributed by atoms with Crippen LogP contribution in [0.3, 0.4) is 0 Å². The van der Waals surface area contributed by atoms with Crippen molar-refractivity contribution in [3.63, 3.8) is 0 Å². The zero-order chi connectivity index (χ0) is 29.8. The standard InChI is InChI=1S/C35H42N2O6/c1-24-32(22-37-16-14-35(15-17-37)40-18-19-41-35)42-34(43-33(24)29-8-6-26(23-38)7-9-29)30-12-10-28(11-13-30)31-5-3-4-27(20-31)21-36-25(2)39/h3-13,20,24,32-34,38H,14-19,21-23H2,1-2H3,(H,36,39)/t24-,32+,33+,34+/m0/s1. The molecule has 3 saturated heterocycles. The van der Waals surface area contributed by atoms with Gasteiger partial charge in [-0.1, -0.05) is 73.7 Å². The van der Waals surface area contributed by atoms with Gasteiger partial charge in [0.25, 0.3) is 0 Å². The highest BCUT2D eigenvalue weighted by atomic mass is 16.7. The molecule has 2 N–H and O–H groups in total. The first-order chi connectivity index (χ1) is 20.9. The van der Waals surface area contributed by atoms with E-state index in [1.165, 1.54) is 6.92 Å². The minimum atomic E-state index is -0.512. The Kier molecular flexibility index (Phi) is 9.23. The van der Waals surface area contributed by atoms with Crippen LogP contribution in [0.25, 0.3) is 11.1 Å². The molecule has 8 nitrogen and oxygen atoms in total. The summed E-state index contributed by atoms with van der Waals surface area (Å²) in [5.74, 6) is -0.320. The monoisotopic (exact) mass is 586 g/mol. The van der Waals surface area contributed by atoms with E-state index in [1.54, 1.807) is 0 Å². The zero-order valence-electron chi connectivity index (χ0n) is 25.0. The number of likely N-dealkylation sites (tertiary alicyclic amines) is 1. The molecular weight excluding hydrogens is 544 g/mol. The predicted octanol–water partition coefficient (Wildman–Crippen LogP) is 5.11. The van der Waals surface area contributed by atoms with Gasteiger partial charge in [-0.25, -0.2) is 0 Å². The van der Waals surface area contributed by atoms with Crippen LogP contribution in [0.15, 0.2) is 72.8 Å². The lowest BCUT2D eigenvalue weighted by molar-refractivity contribution is -0.278. The van der Waals surface area contributed by atoms with Gasteiger partial charge in [-0.15, -0.1) is 0 Å². The van der Waals surface area contributed by atoms with Gasteiger partial charge in [0.2, 0.25) is 5.91 Å². The molecule has 0 bridgehead atoms. The van der Waals surface area contributed by atoms with Crippen molar-refractivity contribution in [2.45, 2.75) is 64.1 Å². The Morgan fingerprint density at radius 2 is 1.60 bits per heavy atom. The number of aliphatic hydroxyl groups excluding tert-OH is 1. The molecular formula is C35H42N2O6. The van der Waals surface area contributed by atoms with Crippen molar-refractivity contribution in [3.8, 4) is 11.1 Å². The lowest BCUT2D eigenvalue weighted by atomic mass is 9.89. The van der Waals surface area contributed by atoms with Crippen LogP contribution in [-0.4, -0.2) is 60.7 Å². The second-order valence-electron chi connectivity index (χ2n) is 12.0. The summed E-state index contributed by atoms with van der Waals surface area (Å²) in [5, 5.41) is 12.4. The van der Waals surface area contributed by atoms with Crippen LogP contribution in [0.2, 0.25) is 0 Å². The third-order valence-electron chi connectivity index (χ3n) is 8.98. The summed E-state index contributed by atoms with van der Waals surface area (Å²) in [5.41, 5.74) is 6.16. The molecule has 3 fully saturated rings. The number of aliphatic hydroxyl groups is 1. The van der Waals surface area contributed by atoms with Crippen LogP contribution < -0.4 is 5.32 Å². The van der Waals surface area contributed by atoms with Crippen LogP contribution >= 0.6 is 0 Å². The van der Waals surface area contributed by atoms with Crippen LogP contribution in [0, 0.1) is 5.92 Å². The highest BCUT2D eigenvalue weighted by molar-refractivity contribution is 5.73. The molecule has 228 valence electrons. The van der Waals surface area contributed by atoms with E-state index in [2.05, 4.69) is 65.7 Å². The Morgan fingerprint density at radius 1 is 0.907 bits per heavy atom. The van der Waals surface area contributed by atoms with Crippen molar-refractivity contribution in [1.82, 2.24) is 10.2 Å². The maximum absolute atomic E-state index is 11.4. The van der Waals surface area contributed by atoms with Crippen molar-refractivity contribution >= 4 is 5.91 Å². The van der Waals surface area contributed by atoms with Crippen molar-refractivity contribution in [1.29, 1.82) is 0 Å². The van der Waals surface area contributed by atoms with Gasteiger partial charge in [0.05, 0.1) is 32.0 Å². The minimum absolute atomic E-state index is 0.0160. The number of nitrogens with zero attached hydrogens (tertiary/aromatic N) is 1. The number of ether oxygens (including phenoxy) is 4. The maximum Gasteiger partial charge on any atom is 0.217 e. The molecule has 3 aromatic rings. The molecule has 1 amide bonds. The summed E-state index contributed by atoms with van der Waals surface area (Å²) in [6, 6.07) is 24.6. The van der Waals surface area contributed by atoms with Crippen molar-refractivity contribution in [3.05, 3.63) is 95.1 Å². The number of amides is 1. The molecule has 3 heterocycles. The van der Waals surface area contributed by atoms with E-state index >= 15 is 0 Å². The molecule has 3 aliphatic rings. The van der Waals surface area contributed by atoms with Gasteiger partial charge in [-0.2, -0.15) is 0 Å². The number of nitrogens with one attached hydrogen (secondary N) is 1. The van der Waals surface area contributed by atoms with Gasteiger partial charge in [0.15, 0.2) is 12.1 Å². The van der Waals surface area contributed by atoms with Gasteiger partial charge in [0.1, 0.15) is 0 Å². The molecule has 43 heavy (non-hydrogen) atoms. The second-order valence-corrected chi connectivity index (χ2v) is 12.0. The topological polar surface area (TPSA) is 89.5 Å². The first-order valence-electron chi connectivity index (χ1n) is 15.4. The fourth-order valence-electron chi connectivity index (χ4n) is 6.36. The summed E-state index contributed by atoms with van der Waals surface area (Å²) in [7, 11) is 0. The normalized spacial score (nSPS) is 25.6. The summed E-state index contributed by atoms with van der Waals surface area (Å²) in [6.45, 7) is 8.23. The van der Waals surface area contributed by atoms with Crippen LogP contribution in [0.5, 0.6) is 0 Å². The van der Waals surface area contributed by atoms with Gasteiger partial charge in [-0.3, -0.25) is 4.79 Å². The molecule has 0 saturated carbocycles. The Labute approximate surface area is 253 Å². The summed E-state index contributed by atoms with van der Waals surface area (Å²) in [4.78, 5) is 13.8. The molecule has 0 aromatic heterocycles. The Morgan fingerprint density at radius 3 is 2.28 bits per heavy atom. The average molecular weight is 587 g/mol. The quantitative estimate of drug-likeness (QED) is 0.379. The molecule has 1 spiro atoms. The molecule has 0 radical (unpaired) electrons. The van der Waals surface area contributed by atoms with E-state index in [-0.39, 0.29) is 30.6 Å². The van der Waals surface area contributed by atoms with E-state index in [9.17, 15) is 9.90 Å². The largest absolute Gasteiger partial charge is 0.392 e. The highest BCUT2D eigenvalue weighted by Gasteiger charge is 2.43. The van der Waals surface area contributed by atoms with E-state index < -0.39 is 12.1 Å². The molecule has 8 heteroatoms. The number of carbonyl (C=O) groups is 1. The lowest BCUT2D eigenvalue weighted by Gasteiger charge is -2.44. The molecule has 0 aliphatic carbocycles. The van der Waals surface area contributed by atoms with Crippen molar-refractivity contribution < 1.29 is 28.8 Å². The predicted molar refractivity (Wildman–Crippen MR) is 163 cm³/mol. The number of hydrogen-bond acceptors (Lipinski definition) is 7. The molecule has 6 rings (SSSR count). The fourth-order valence-corrected chi connectivity index (χ4v) is 6.36. The van der Waals surface area contributed by atoms with Gasteiger partial charge in [-0.05, 0) is 33.9 Å². The first-order valence-corrected chi connectivity index (χ1v) is 15.4. The summed E-state index contributed by atoms with van der Waals surface area (Å²) >= 11 is 0. The van der Waals surface area contributed by atoms with Gasteiger partial charge < -0.3 is 34.3 Å². The average Bonchev–Trinajstić information content (AvgIpc) is 3.50. The van der Waals surface area contributed by atoms with E-state index in [0.29, 0.717) is 19.8 Å². The molecule has 3 aromatic carbocycles. The first kappa shape index (κ1) is 29.9. The summed E-state index contributed by atoms with van der Waals surface area (Å²) < 4.78 is 25.3. The van der Waals surface area contributed by atoms with Gasteiger partial charge >= 0.3 is 0 Å². The van der Waals surface area contributed by atoms with Crippen LogP contribution in [0.1, 0.15) is 61.3 Å². The Balaban J connectivity index is 1.20. The number of carbonyl (C=O) groups excluding carboxylic acids is 1. The van der Waals surface area contributed by atoms with Crippen molar-refractivity contribution in [2.75, 3.05) is 32.8 Å². The lowest BCUT2D eigenvalue weighted by Crippen LogP contribution is -2.50. The molecule has 3 aliphatic heterocycles. The maximum atomic E-state index is 11.4. The van der Waals surface area contributed by atoms with Gasteiger partial charge in [0, 0.05) is 57.4 Å². The third-order valence-corrected chi connectivity index (χ3v) is 8.98. The number of rotatable bonds is 8. The second kappa shape index (κ2) is 13.3. The number of piperidine rings is 1. The molecule has 0 unspecified atom stereocenters. The third kappa shape index (κ3) is 7.01. The number of hydrogen-bond donors (Lipinski definition) is 2. The molecule has 4 atom stereocenters. The Hall–Kier alpha value is -3.11.